The minimum Gasteiger partial charge on any atom is -0.271 e. The van der Waals surface area contributed by atoms with Crippen molar-refractivity contribution in [3.05, 3.63) is 34.6 Å². The van der Waals surface area contributed by atoms with Gasteiger partial charge in [0.05, 0.1) is 0 Å². The van der Waals surface area contributed by atoms with Crippen LogP contribution in [0.5, 0.6) is 0 Å². The smallest absolute Gasteiger partial charge is 0.124 e. The van der Waals surface area contributed by atoms with Gasteiger partial charge in [0.15, 0.2) is 0 Å². The van der Waals surface area contributed by atoms with Gasteiger partial charge in [-0.1, -0.05) is 36.9 Å². The molecule has 100 valence electrons. The molecule has 1 aromatic rings. The summed E-state index contributed by atoms with van der Waals surface area (Å²) in [5.74, 6) is 5.97. The molecule has 18 heavy (non-hydrogen) atoms. The van der Waals surface area contributed by atoms with Gasteiger partial charge >= 0.3 is 0 Å². The highest BCUT2D eigenvalue weighted by Crippen LogP contribution is 2.29. The van der Waals surface area contributed by atoms with Gasteiger partial charge in [-0.3, -0.25) is 11.3 Å². The van der Waals surface area contributed by atoms with E-state index in [-0.39, 0.29) is 11.9 Å². The van der Waals surface area contributed by atoms with E-state index in [2.05, 4.69) is 5.43 Å². The molecule has 0 spiro atoms. The Balaban J connectivity index is 2.04. The van der Waals surface area contributed by atoms with Crippen molar-refractivity contribution in [3.63, 3.8) is 0 Å². The van der Waals surface area contributed by atoms with Crippen LogP contribution in [0.4, 0.5) is 4.39 Å². The number of halogens is 2. The Morgan fingerprint density at radius 2 is 2.06 bits per heavy atom. The number of nitrogens with one attached hydrogen (secondary N) is 1. The molecule has 2 rings (SSSR count). The van der Waals surface area contributed by atoms with Gasteiger partial charge < -0.3 is 0 Å². The van der Waals surface area contributed by atoms with Gasteiger partial charge in [0.1, 0.15) is 5.82 Å². The lowest BCUT2D eigenvalue weighted by atomic mass is 9.82. The molecule has 0 amide bonds. The van der Waals surface area contributed by atoms with Crippen molar-refractivity contribution >= 4 is 11.6 Å². The molecular weight excluding hydrogens is 251 g/mol. The van der Waals surface area contributed by atoms with Gasteiger partial charge in [0.2, 0.25) is 0 Å². The largest absolute Gasteiger partial charge is 0.271 e. The molecule has 1 aromatic carbocycles. The minimum absolute atomic E-state index is 0.230. The predicted molar refractivity (Wildman–Crippen MR) is 72.8 cm³/mol. The van der Waals surface area contributed by atoms with Gasteiger partial charge in [-0.15, -0.1) is 0 Å². The number of rotatable bonds is 4. The van der Waals surface area contributed by atoms with Crippen LogP contribution in [0.3, 0.4) is 0 Å². The van der Waals surface area contributed by atoms with Crippen LogP contribution in [0.15, 0.2) is 18.2 Å². The topological polar surface area (TPSA) is 38.0 Å². The quantitative estimate of drug-likeness (QED) is 0.650. The fourth-order valence-electron chi connectivity index (χ4n) is 2.82. The molecule has 1 saturated carbocycles. The number of hydrazine groups is 1. The van der Waals surface area contributed by atoms with Crippen molar-refractivity contribution < 1.29 is 4.39 Å². The molecule has 3 N–H and O–H groups in total. The van der Waals surface area contributed by atoms with Crippen LogP contribution in [0.25, 0.3) is 0 Å². The van der Waals surface area contributed by atoms with E-state index in [1.807, 2.05) is 0 Å². The second-order valence-corrected chi connectivity index (χ2v) is 5.52. The van der Waals surface area contributed by atoms with Gasteiger partial charge in [0.25, 0.3) is 0 Å². The zero-order valence-electron chi connectivity index (χ0n) is 10.5. The van der Waals surface area contributed by atoms with Crippen molar-refractivity contribution in [2.24, 2.45) is 11.8 Å². The Kier molecular flexibility index (Phi) is 4.98. The average molecular weight is 271 g/mol. The highest BCUT2D eigenvalue weighted by atomic mass is 35.5. The zero-order chi connectivity index (χ0) is 13.0. The number of benzene rings is 1. The monoisotopic (exact) mass is 270 g/mol. The number of hydrogen-bond acceptors (Lipinski definition) is 2. The standard InChI is InChI=1S/C14H20ClFN2/c15-13-9-12(16)7-6-11(13)8-14(18-17)10-4-2-1-3-5-10/h6-7,9-10,14,18H,1-5,8,17H2. The van der Waals surface area contributed by atoms with E-state index in [1.54, 1.807) is 6.07 Å². The summed E-state index contributed by atoms with van der Waals surface area (Å²) < 4.78 is 13.0. The summed E-state index contributed by atoms with van der Waals surface area (Å²) in [6.45, 7) is 0. The maximum Gasteiger partial charge on any atom is 0.124 e. The van der Waals surface area contributed by atoms with E-state index in [9.17, 15) is 4.39 Å². The van der Waals surface area contributed by atoms with Gasteiger partial charge in [-0.25, -0.2) is 4.39 Å². The number of hydrogen-bond donors (Lipinski definition) is 2. The van der Waals surface area contributed by atoms with Crippen LogP contribution < -0.4 is 11.3 Å². The molecule has 1 aliphatic carbocycles. The molecule has 1 atom stereocenters. The summed E-state index contributed by atoms with van der Waals surface area (Å²) in [4.78, 5) is 0. The third-order valence-corrected chi connectivity index (χ3v) is 4.24. The SMILES string of the molecule is NNC(Cc1ccc(F)cc1Cl)C1CCCCC1. The first-order chi connectivity index (χ1) is 8.70. The molecule has 2 nitrogen and oxygen atoms in total. The predicted octanol–water partition coefficient (Wildman–Crippen LogP) is 3.43. The molecule has 0 aliphatic heterocycles. The Bertz CT molecular complexity index is 391. The first-order valence-corrected chi connectivity index (χ1v) is 6.98. The second-order valence-electron chi connectivity index (χ2n) is 5.11. The van der Waals surface area contributed by atoms with Crippen molar-refractivity contribution in [2.45, 2.75) is 44.6 Å². The van der Waals surface area contributed by atoms with Crippen molar-refractivity contribution in [1.82, 2.24) is 5.43 Å². The van der Waals surface area contributed by atoms with E-state index >= 15 is 0 Å². The summed E-state index contributed by atoms with van der Waals surface area (Å²) in [5.41, 5.74) is 3.87. The molecule has 1 fully saturated rings. The highest BCUT2D eigenvalue weighted by molar-refractivity contribution is 6.31. The van der Waals surface area contributed by atoms with E-state index in [4.69, 9.17) is 17.4 Å². The van der Waals surface area contributed by atoms with E-state index in [0.717, 1.165) is 12.0 Å². The lowest BCUT2D eigenvalue weighted by molar-refractivity contribution is 0.268. The molecule has 4 heteroatoms. The zero-order valence-corrected chi connectivity index (χ0v) is 11.2. The maximum atomic E-state index is 13.0. The second kappa shape index (κ2) is 6.50. The Labute approximate surface area is 113 Å². The molecule has 1 unspecified atom stereocenters. The molecule has 0 bridgehead atoms. The van der Waals surface area contributed by atoms with Gasteiger partial charge in [0, 0.05) is 11.1 Å². The Morgan fingerprint density at radius 3 is 2.67 bits per heavy atom. The van der Waals surface area contributed by atoms with Crippen LogP contribution in [0.1, 0.15) is 37.7 Å². The molecule has 0 saturated heterocycles. The summed E-state index contributed by atoms with van der Waals surface area (Å²) in [6.07, 6.45) is 7.08. The summed E-state index contributed by atoms with van der Waals surface area (Å²) in [5, 5.41) is 0.492. The van der Waals surface area contributed by atoms with Crippen LogP contribution in [-0.4, -0.2) is 6.04 Å². The van der Waals surface area contributed by atoms with E-state index < -0.39 is 0 Å². The third kappa shape index (κ3) is 3.44. The fourth-order valence-corrected chi connectivity index (χ4v) is 3.07. The van der Waals surface area contributed by atoms with Crippen LogP contribution in [0.2, 0.25) is 5.02 Å². The third-order valence-electron chi connectivity index (χ3n) is 3.89. The summed E-state index contributed by atoms with van der Waals surface area (Å²) in [7, 11) is 0. The molecular formula is C14H20ClFN2. The average Bonchev–Trinajstić information content (AvgIpc) is 2.39. The molecule has 0 heterocycles. The first-order valence-electron chi connectivity index (χ1n) is 6.60. The van der Waals surface area contributed by atoms with Gasteiger partial charge in [-0.2, -0.15) is 0 Å². The number of nitrogens with two attached hydrogens (primary N) is 1. The summed E-state index contributed by atoms with van der Waals surface area (Å²) >= 11 is 6.06. The van der Waals surface area contributed by atoms with Crippen molar-refractivity contribution in [2.75, 3.05) is 0 Å². The van der Waals surface area contributed by atoms with E-state index in [1.165, 1.54) is 44.2 Å². The van der Waals surface area contributed by atoms with Crippen molar-refractivity contribution in [3.8, 4) is 0 Å². The summed E-state index contributed by atoms with van der Waals surface area (Å²) in [6, 6.07) is 4.81. The normalized spacial score (nSPS) is 18.8. The van der Waals surface area contributed by atoms with Gasteiger partial charge in [-0.05, 0) is 42.9 Å². The van der Waals surface area contributed by atoms with Crippen molar-refractivity contribution in [1.29, 1.82) is 0 Å². The van der Waals surface area contributed by atoms with E-state index in [0.29, 0.717) is 10.9 Å². The molecule has 0 aromatic heterocycles. The van der Waals surface area contributed by atoms with Crippen LogP contribution in [0, 0.1) is 11.7 Å². The molecule has 1 aliphatic rings. The maximum absolute atomic E-state index is 13.0. The fraction of sp³-hybridized carbons (Fsp3) is 0.571. The Morgan fingerprint density at radius 1 is 1.33 bits per heavy atom. The lowest BCUT2D eigenvalue weighted by Crippen LogP contribution is -2.43. The van der Waals surface area contributed by atoms with Crippen LogP contribution in [-0.2, 0) is 6.42 Å². The lowest BCUT2D eigenvalue weighted by Gasteiger charge is -2.30. The van der Waals surface area contributed by atoms with Crippen LogP contribution >= 0.6 is 11.6 Å². The first kappa shape index (κ1) is 13.8. The molecule has 0 radical (unpaired) electrons. The highest BCUT2D eigenvalue weighted by Gasteiger charge is 2.23. The Hall–Kier alpha value is -0.640. The minimum atomic E-state index is -0.293.